The molecule has 0 bridgehead atoms. The van der Waals surface area contributed by atoms with Crippen molar-refractivity contribution in [3.63, 3.8) is 0 Å². The predicted molar refractivity (Wildman–Crippen MR) is 96.0 cm³/mol. The standard InChI is InChI=1S/C19H19N5O3/c1-12-17(27-11-21-12)19(26)22-14-7-15-8-16(23-24(15)10-14)18(25)20-9-13-5-3-2-4-6-13/h2-6,8,11,14H,7,9-10H2,1H3,(H,20,25)(H,22,26). The molecule has 1 aliphatic rings. The predicted octanol–water partition coefficient (Wildman–Crippen LogP) is 1.46. The summed E-state index contributed by atoms with van der Waals surface area (Å²) in [5.74, 6) is -0.277. The Kier molecular flexibility index (Phi) is 4.45. The van der Waals surface area contributed by atoms with Crippen LogP contribution >= 0.6 is 0 Å². The van der Waals surface area contributed by atoms with Gasteiger partial charge in [-0.05, 0) is 18.6 Å². The number of carbonyl (C=O) groups excluding carboxylic acids is 2. The number of rotatable bonds is 5. The van der Waals surface area contributed by atoms with Crippen LogP contribution in [0.15, 0.2) is 47.2 Å². The molecule has 8 nitrogen and oxygen atoms in total. The third kappa shape index (κ3) is 3.59. The van der Waals surface area contributed by atoms with Crippen molar-refractivity contribution in [3.05, 3.63) is 71.2 Å². The lowest BCUT2D eigenvalue weighted by Gasteiger charge is -2.10. The zero-order valence-electron chi connectivity index (χ0n) is 14.8. The van der Waals surface area contributed by atoms with Gasteiger partial charge in [-0.3, -0.25) is 14.3 Å². The van der Waals surface area contributed by atoms with Gasteiger partial charge in [0.05, 0.1) is 18.3 Å². The second kappa shape index (κ2) is 7.06. The number of hydrogen-bond acceptors (Lipinski definition) is 5. The zero-order valence-corrected chi connectivity index (χ0v) is 14.8. The third-order valence-corrected chi connectivity index (χ3v) is 4.53. The largest absolute Gasteiger partial charge is 0.438 e. The minimum Gasteiger partial charge on any atom is -0.438 e. The Balaban J connectivity index is 1.34. The number of nitrogens with zero attached hydrogens (tertiary/aromatic N) is 3. The fourth-order valence-electron chi connectivity index (χ4n) is 3.15. The van der Waals surface area contributed by atoms with Crippen molar-refractivity contribution >= 4 is 11.8 Å². The SMILES string of the molecule is Cc1ncoc1C(=O)NC1Cc2cc(C(=O)NCc3ccccc3)nn2C1. The molecule has 1 atom stereocenters. The Morgan fingerprint density at radius 1 is 1.26 bits per heavy atom. The summed E-state index contributed by atoms with van der Waals surface area (Å²) in [6.45, 7) is 2.69. The molecule has 0 saturated heterocycles. The van der Waals surface area contributed by atoms with Crippen molar-refractivity contribution < 1.29 is 14.0 Å². The molecule has 138 valence electrons. The highest BCUT2D eigenvalue weighted by atomic mass is 16.3. The van der Waals surface area contributed by atoms with Crippen LogP contribution in [-0.4, -0.2) is 32.6 Å². The first-order valence-corrected chi connectivity index (χ1v) is 8.70. The summed E-state index contributed by atoms with van der Waals surface area (Å²) in [6, 6.07) is 11.4. The van der Waals surface area contributed by atoms with Gasteiger partial charge >= 0.3 is 0 Å². The van der Waals surface area contributed by atoms with E-state index < -0.39 is 0 Å². The molecule has 1 aliphatic heterocycles. The van der Waals surface area contributed by atoms with Crippen LogP contribution in [0, 0.1) is 6.92 Å². The summed E-state index contributed by atoms with van der Waals surface area (Å²) in [5, 5.41) is 10.1. The maximum Gasteiger partial charge on any atom is 0.289 e. The van der Waals surface area contributed by atoms with E-state index in [-0.39, 0.29) is 23.6 Å². The number of aromatic nitrogens is 3. The first-order valence-electron chi connectivity index (χ1n) is 8.70. The lowest BCUT2D eigenvalue weighted by molar-refractivity contribution is 0.0904. The van der Waals surface area contributed by atoms with Crippen molar-refractivity contribution in [1.82, 2.24) is 25.4 Å². The highest BCUT2D eigenvalue weighted by Gasteiger charge is 2.27. The Labute approximate surface area is 155 Å². The minimum absolute atomic E-state index is 0.0917. The average molecular weight is 365 g/mol. The lowest BCUT2D eigenvalue weighted by Crippen LogP contribution is -2.36. The first-order chi connectivity index (χ1) is 13.1. The van der Waals surface area contributed by atoms with E-state index in [4.69, 9.17) is 4.42 Å². The summed E-state index contributed by atoms with van der Waals surface area (Å²) in [6.07, 6.45) is 1.86. The van der Waals surface area contributed by atoms with Crippen molar-refractivity contribution in [2.75, 3.05) is 0 Å². The summed E-state index contributed by atoms with van der Waals surface area (Å²) >= 11 is 0. The number of amides is 2. The lowest BCUT2D eigenvalue weighted by atomic mass is 10.2. The fraction of sp³-hybridized carbons (Fsp3) is 0.263. The summed E-state index contributed by atoms with van der Waals surface area (Å²) < 4.78 is 6.87. The van der Waals surface area contributed by atoms with Gasteiger partial charge < -0.3 is 15.1 Å². The van der Waals surface area contributed by atoms with Gasteiger partial charge in [0.25, 0.3) is 11.8 Å². The number of benzene rings is 1. The Morgan fingerprint density at radius 2 is 2.07 bits per heavy atom. The van der Waals surface area contributed by atoms with Crippen LogP contribution in [0.4, 0.5) is 0 Å². The van der Waals surface area contributed by atoms with Crippen LogP contribution in [0.2, 0.25) is 0 Å². The monoisotopic (exact) mass is 365 g/mol. The molecule has 3 aromatic rings. The van der Waals surface area contributed by atoms with Gasteiger partial charge in [-0.15, -0.1) is 0 Å². The molecule has 3 heterocycles. The molecule has 2 N–H and O–H groups in total. The van der Waals surface area contributed by atoms with Crippen molar-refractivity contribution in [2.45, 2.75) is 32.5 Å². The molecule has 8 heteroatoms. The third-order valence-electron chi connectivity index (χ3n) is 4.53. The number of fused-ring (bicyclic) bond motifs is 1. The van der Waals surface area contributed by atoms with E-state index in [2.05, 4.69) is 20.7 Å². The fourth-order valence-corrected chi connectivity index (χ4v) is 3.15. The molecule has 0 radical (unpaired) electrons. The molecule has 0 saturated carbocycles. The molecular weight excluding hydrogens is 346 g/mol. The van der Waals surface area contributed by atoms with Gasteiger partial charge in [0, 0.05) is 18.7 Å². The molecular formula is C19H19N5O3. The van der Waals surface area contributed by atoms with E-state index >= 15 is 0 Å². The van der Waals surface area contributed by atoms with E-state index in [9.17, 15) is 9.59 Å². The Bertz CT molecular complexity index is 953. The topological polar surface area (TPSA) is 102 Å². The van der Waals surface area contributed by atoms with Crippen LogP contribution in [0.3, 0.4) is 0 Å². The van der Waals surface area contributed by atoms with E-state index in [0.717, 1.165) is 11.3 Å². The molecule has 0 aliphatic carbocycles. The van der Waals surface area contributed by atoms with Crippen LogP contribution < -0.4 is 10.6 Å². The van der Waals surface area contributed by atoms with Crippen molar-refractivity contribution in [2.24, 2.45) is 0 Å². The normalized spacial score (nSPS) is 15.4. The zero-order chi connectivity index (χ0) is 18.8. The van der Waals surface area contributed by atoms with Gasteiger partial charge in [-0.2, -0.15) is 5.10 Å². The van der Waals surface area contributed by atoms with Crippen molar-refractivity contribution in [1.29, 1.82) is 0 Å². The van der Waals surface area contributed by atoms with Gasteiger partial charge in [0.1, 0.15) is 5.69 Å². The van der Waals surface area contributed by atoms with Crippen LogP contribution in [-0.2, 0) is 19.5 Å². The van der Waals surface area contributed by atoms with E-state index in [1.807, 2.05) is 30.3 Å². The highest BCUT2D eigenvalue weighted by Crippen LogP contribution is 2.17. The second-order valence-corrected chi connectivity index (χ2v) is 6.51. The smallest absolute Gasteiger partial charge is 0.289 e. The first kappa shape index (κ1) is 17.0. The summed E-state index contributed by atoms with van der Waals surface area (Å²) in [5.41, 5.74) is 2.89. The summed E-state index contributed by atoms with van der Waals surface area (Å²) in [7, 11) is 0. The van der Waals surface area contributed by atoms with Crippen LogP contribution in [0.25, 0.3) is 0 Å². The van der Waals surface area contributed by atoms with E-state index in [0.29, 0.717) is 30.9 Å². The molecule has 1 aromatic carbocycles. The number of hydrogen-bond donors (Lipinski definition) is 2. The maximum atomic E-state index is 12.3. The van der Waals surface area contributed by atoms with Gasteiger partial charge in [-0.25, -0.2) is 4.98 Å². The average Bonchev–Trinajstić information content (AvgIpc) is 3.35. The second-order valence-electron chi connectivity index (χ2n) is 6.51. The quantitative estimate of drug-likeness (QED) is 0.713. The summed E-state index contributed by atoms with van der Waals surface area (Å²) in [4.78, 5) is 28.4. The van der Waals surface area contributed by atoms with Gasteiger partial charge in [0.2, 0.25) is 5.76 Å². The number of nitrogens with one attached hydrogen (secondary N) is 2. The molecule has 4 rings (SSSR count). The minimum atomic E-state index is -0.290. The van der Waals surface area contributed by atoms with Gasteiger partial charge in [-0.1, -0.05) is 30.3 Å². The Hall–Kier alpha value is -3.42. The van der Waals surface area contributed by atoms with E-state index in [1.54, 1.807) is 17.7 Å². The highest BCUT2D eigenvalue weighted by molar-refractivity contribution is 5.93. The van der Waals surface area contributed by atoms with Gasteiger partial charge in [0.15, 0.2) is 6.39 Å². The van der Waals surface area contributed by atoms with E-state index in [1.165, 1.54) is 6.39 Å². The maximum absolute atomic E-state index is 12.3. The molecule has 0 fully saturated rings. The Morgan fingerprint density at radius 3 is 2.78 bits per heavy atom. The number of carbonyl (C=O) groups is 2. The molecule has 2 amide bonds. The number of aryl methyl sites for hydroxylation is 1. The molecule has 0 spiro atoms. The van der Waals surface area contributed by atoms with Crippen molar-refractivity contribution in [3.8, 4) is 0 Å². The molecule has 1 unspecified atom stereocenters. The number of oxazole rings is 1. The molecule has 2 aromatic heterocycles. The van der Waals surface area contributed by atoms with Crippen LogP contribution in [0.5, 0.6) is 0 Å². The molecule has 27 heavy (non-hydrogen) atoms. The van der Waals surface area contributed by atoms with Crippen LogP contribution in [0.1, 0.15) is 38.0 Å².